The van der Waals surface area contributed by atoms with E-state index >= 15 is 0 Å². The molecule has 1 atom stereocenters. The topological polar surface area (TPSA) is 199 Å². The summed E-state index contributed by atoms with van der Waals surface area (Å²) >= 11 is 1.54. The molecule has 4 aliphatic heterocycles. The highest BCUT2D eigenvalue weighted by Crippen LogP contribution is 2.37. The molecule has 310 valence electrons. The first-order chi connectivity index (χ1) is 29.0. The molecule has 0 saturated carbocycles. The van der Waals surface area contributed by atoms with Crippen LogP contribution in [0.15, 0.2) is 54.9 Å². The number of pyridine rings is 1. The van der Waals surface area contributed by atoms with E-state index in [4.69, 9.17) is 4.98 Å². The van der Waals surface area contributed by atoms with E-state index in [1.54, 1.807) is 18.3 Å². The third kappa shape index (κ3) is 7.39. The lowest BCUT2D eigenvalue weighted by molar-refractivity contribution is -0.136. The summed E-state index contributed by atoms with van der Waals surface area (Å²) in [7, 11) is 1.87. The summed E-state index contributed by atoms with van der Waals surface area (Å²) in [4.78, 5) is 74.2. The lowest BCUT2D eigenvalue weighted by Crippen LogP contribution is -2.54. The van der Waals surface area contributed by atoms with Gasteiger partial charge in [0.2, 0.25) is 22.9 Å². The van der Waals surface area contributed by atoms with Gasteiger partial charge in [-0.25, -0.2) is 4.52 Å². The van der Waals surface area contributed by atoms with E-state index in [2.05, 4.69) is 60.2 Å². The molecule has 0 aliphatic carbocycles. The zero-order valence-electron chi connectivity index (χ0n) is 33.6. The van der Waals surface area contributed by atoms with E-state index in [1.165, 1.54) is 11.3 Å². The molecule has 0 bridgehead atoms. The molecule has 60 heavy (non-hydrogen) atoms. The van der Waals surface area contributed by atoms with Crippen LogP contribution in [0.5, 0.6) is 0 Å². The number of rotatable bonds is 10. The minimum atomic E-state index is -1.01. The van der Waals surface area contributed by atoms with Gasteiger partial charge in [0.05, 0.1) is 45.5 Å². The summed E-state index contributed by atoms with van der Waals surface area (Å²) in [6.07, 6.45) is 6.73. The number of piperidine rings is 3. The van der Waals surface area contributed by atoms with Crippen LogP contribution in [0.25, 0.3) is 27.5 Å². The number of fused-ring (bicyclic) bond motifs is 2. The fourth-order valence-corrected chi connectivity index (χ4v) is 9.49. The number of nitrogens with one attached hydrogen (secondary N) is 4. The number of benzene rings is 1. The van der Waals surface area contributed by atoms with Gasteiger partial charge in [0.15, 0.2) is 5.01 Å². The Bertz CT molecular complexity index is 2520. The van der Waals surface area contributed by atoms with E-state index in [0.29, 0.717) is 25.9 Å². The van der Waals surface area contributed by atoms with Crippen molar-refractivity contribution in [1.82, 2.24) is 40.3 Å². The third-order valence-corrected chi connectivity index (χ3v) is 12.8. The Kier molecular flexibility index (Phi) is 10.4. The number of hydrogen-bond acceptors (Lipinski definition) is 14. The zero-order chi connectivity index (χ0) is 41.7. The first-order valence-electron chi connectivity index (χ1n) is 20.5. The van der Waals surface area contributed by atoms with Crippen LogP contribution in [0.3, 0.4) is 0 Å². The quantitative estimate of drug-likeness (QED) is 0.146. The minimum absolute atomic E-state index is 0.0636. The molecule has 5 amide bonds. The lowest BCUT2D eigenvalue weighted by atomic mass is 9.94. The molecule has 4 N–H and O–H groups in total. The maximum absolute atomic E-state index is 13.5. The van der Waals surface area contributed by atoms with Gasteiger partial charge in [-0.15, -0.1) is 10.2 Å². The number of nitrogens with zero attached hydrogens (tertiary/aromatic N) is 8. The predicted octanol–water partition coefficient (Wildman–Crippen LogP) is 4.18. The number of amides is 5. The highest BCUT2D eigenvalue weighted by molar-refractivity contribution is 7.18. The average Bonchev–Trinajstić information content (AvgIpc) is 3.97. The molecule has 4 aliphatic rings. The second kappa shape index (κ2) is 16.0. The number of hydrogen-bond donors (Lipinski definition) is 4. The van der Waals surface area contributed by atoms with Crippen LogP contribution < -0.4 is 31.1 Å². The molecular weight excluding hydrogens is 785 g/mol. The van der Waals surface area contributed by atoms with Crippen LogP contribution in [0.1, 0.15) is 73.1 Å². The summed E-state index contributed by atoms with van der Waals surface area (Å²) in [5.74, 6) is -2.16. The van der Waals surface area contributed by atoms with Gasteiger partial charge in [0.25, 0.3) is 11.8 Å². The minimum Gasteiger partial charge on any atom is -0.387 e. The standard InChI is InChI=1S/C42H46N12O5S/c1-23(2)46-32-20-33(34-7-5-28-18-26(43-3)21-45-54(28)34)44-22-31(32)39-49-50-42(60-39)52-16-12-25(13-17-52)47-37(56)24-10-14-51(15-11-24)27-4-6-29-30(19-27)41(59)53(40(29)58)35-8-9-36(55)48-38(35)57/h4-7,18-25,35,43H,8-17H2,1-3H3,(H,44,46)(H,47,56)(H,48,55,57). The number of anilines is 4. The highest BCUT2D eigenvalue weighted by atomic mass is 32.1. The second-order valence-electron chi connectivity index (χ2n) is 16.1. The Labute approximate surface area is 349 Å². The van der Waals surface area contributed by atoms with Crippen LogP contribution in [-0.2, 0) is 14.4 Å². The van der Waals surface area contributed by atoms with Crippen molar-refractivity contribution in [2.75, 3.05) is 53.7 Å². The van der Waals surface area contributed by atoms with Crippen molar-refractivity contribution in [3.05, 3.63) is 66.0 Å². The van der Waals surface area contributed by atoms with Crippen LogP contribution in [-0.4, -0.2) is 111 Å². The van der Waals surface area contributed by atoms with Crippen molar-refractivity contribution >= 4 is 68.6 Å². The van der Waals surface area contributed by atoms with Crippen molar-refractivity contribution in [2.24, 2.45) is 5.92 Å². The Morgan fingerprint density at radius 3 is 2.37 bits per heavy atom. The average molecular weight is 831 g/mol. The zero-order valence-corrected chi connectivity index (χ0v) is 34.4. The van der Waals surface area contributed by atoms with Crippen molar-refractivity contribution in [3.8, 4) is 22.0 Å². The molecule has 3 fully saturated rings. The number of carbonyl (C=O) groups is 5. The van der Waals surface area contributed by atoms with E-state index in [0.717, 1.165) is 80.5 Å². The molecule has 18 heteroatoms. The molecule has 4 aromatic heterocycles. The lowest BCUT2D eigenvalue weighted by Gasteiger charge is -2.35. The van der Waals surface area contributed by atoms with Crippen molar-refractivity contribution in [3.63, 3.8) is 0 Å². The second-order valence-corrected chi connectivity index (χ2v) is 17.0. The Hall–Kier alpha value is -6.43. The van der Waals surface area contributed by atoms with Crippen LogP contribution in [0, 0.1) is 5.92 Å². The van der Waals surface area contributed by atoms with E-state index in [9.17, 15) is 24.0 Å². The first-order valence-corrected chi connectivity index (χ1v) is 21.3. The fraction of sp³-hybridized carbons (Fsp3) is 0.405. The summed E-state index contributed by atoms with van der Waals surface area (Å²) in [6, 6.07) is 12.5. The molecule has 17 nitrogen and oxygen atoms in total. The molecule has 0 spiro atoms. The van der Waals surface area contributed by atoms with Gasteiger partial charge in [0, 0.05) is 75.2 Å². The van der Waals surface area contributed by atoms with Gasteiger partial charge in [-0.2, -0.15) is 5.10 Å². The van der Waals surface area contributed by atoms with Crippen molar-refractivity contribution in [2.45, 2.75) is 70.5 Å². The number of carbonyl (C=O) groups excluding carboxylic acids is 5. The van der Waals surface area contributed by atoms with Crippen molar-refractivity contribution < 1.29 is 24.0 Å². The Balaban J connectivity index is 0.784. The smallest absolute Gasteiger partial charge is 0.262 e. The summed E-state index contributed by atoms with van der Waals surface area (Å²) in [5, 5.41) is 27.6. The first kappa shape index (κ1) is 39.1. The van der Waals surface area contributed by atoms with Gasteiger partial charge in [-0.3, -0.25) is 39.2 Å². The summed E-state index contributed by atoms with van der Waals surface area (Å²) < 4.78 is 1.88. The maximum Gasteiger partial charge on any atom is 0.262 e. The largest absolute Gasteiger partial charge is 0.387 e. The monoisotopic (exact) mass is 830 g/mol. The molecule has 5 aromatic rings. The number of imide groups is 2. The Morgan fingerprint density at radius 2 is 1.62 bits per heavy atom. The fourth-order valence-electron chi connectivity index (χ4n) is 8.57. The van der Waals surface area contributed by atoms with E-state index < -0.39 is 29.7 Å². The van der Waals surface area contributed by atoms with Crippen LogP contribution in [0.4, 0.5) is 22.2 Å². The maximum atomic E-state index is 13.5. The Morgan fingerprint density at radius 1 is 0.850 bits per heavy atom. The molecule has 1 aromatic carbocycles. The van der Waals surface area contributed by atoms with Gasteiger partial charge in [-0.1, -0.05) is 11.3 Å². The third-order valence-electron chi connectivity index (χ3n) is 11.8. The van der Waals surface area contributed by atoms with Gasteiger partial charge >= 0.3 is 0 Å². The summed E-state index contributed by atoms with van der Waals surface area (Å²) in [6.45, 7) is 6.94. The molecule has 9 rings (SSSR count). The number of aromatic nitrogens is 5. The molecule has 8 heterocycles. The van der Waals surface area contributed by atoms with Crippen molar-refractivity contribution in [1.29, 1.82) is 0 Å². The SMILES string of the molecule is CNc1cnn2c(-c3cc(NC(C)C)c(-c4nnc(N5CCC(NC(=O)C6CCN(c7ccc8c(c7)C(=O)N(C7CCC(=O)NC7=O)C8=O)CC6)CC5)s4)cn3)ccc2c1. The van der Waals surface area contributed by atoms with Crippen LogP contribution >= 0.6 is 11.3 Å². The normalized spacial score (nSPS) is 19.0. The highest BCUT2D eigenvalue weighted by Gasteiger charge is 2.45. The molecule has 1 unspecified atom stereocenters. The van der Waals surface area contributed by atoms with Gasteiger partial charge < -0.3 is 25.8 Å². The molecular formula is C42H46N12O5S. The van der Waals surface area contributed by atoms with Crippen LogP contribution in [0.2, 0.25) is 0 Å². The molecule has 0 radical (unpaired) electrons. The van der Waals surface area contributed by atoms with Gasteiger partial charge in [0.1, 0.15) is 6.04 Å². The van der Waals surface area contributed by atoms with Gasteiger partial charge in [-0.05, 0) is 88.4 Å². The molecule has 3 saturated heterocycles. The van der Waals surface area contributed by atoms with E-state index in [-0.39, 0.29) is 47.9 Å². The summed E-state index contributed by atoms with van der Waals surface area (Å²) in [5.41, 5.74) is 6.68. The van der Waals surface area contributed by atoms with E-state index in [1.807, 2.05) is 48.1 Å². The predicted molar refractivity (Wildman–Crippen MR) is 227 cm³/mol.